The number of nitrogens with one attached hydrogen (secondary N) is 1. The van der Waals surface area contributed by atoms with Gasteiger partial charge in [-0.2, -0.15) is 0 Å². The summed E-state index contributed by atoms with van der Waals surface area (Å²) in [6.07, 6.45) is 1.99. The van der Waals surface area contributed by atoms with Crippen molar-refractivity contribution in [3.8, 4) is 0 Å². The Morgan fingerprint density at radius 1 is 1.04 bits per heavy atom. The molecule has 0 bridgehead atoms. The van der Waals surface area contributed by atoms with Crippen LogP contribution in [0.15, 0.2) is 42.5 Å². The number of para-hydroxylation sites is 1. The molecule has 0 heterocycles. The summed E-state index contributed by atoms with van der Waals surface area (Å²) in [6.45, 7) is 10.6. The van der Waals surface area contributed by atoms with Crippen molar-refractivity contribution < 1.29 is 4.79 Å². The molecule has 2 aromatic carbocycles. The summed E-state index contributed by atoms with van der Waals surface area (Å²) in [5.74, 6) is 0.531. The van der Waals surface area contributed by atoms with E-state index in [4.69, 9.17) is 0 Å². The van der Waals surface area contributed by atoms with Crippen LogP contribution in [-0.4, -0.2) is 5.91 Å². The molecule has 2 aromatic rings. The van der Waals surface area contributed by atoms with Crippen molar-refractivity contribution in [3.05, 3.63) is 64.7 Å². The number of anilines is 1. The average Bonchev–Trinajstić information content (AvgIpc) is 2.56. The highest BCUT2D eigenvalue weighted by Gasteiger charge is 2.17. The van der Waals surface area contributed by atoms with Crippen LogP contribution in [0, 0.1) is 12.8 Å². The number of carbonyl (C=O) groups excluding carboxylic acids is 1. The van der Waals surface area contributed by atoms with Crippen LogP contribution in [0.3, 0.4) is 0 Å². The van der Waals surface area contributed by atoms with Gasteiger partial charge in [-0.25, -0.2) is 0 Å². The first-order valence-corrected chi connectivity index (χ1v) is 8.90. The Kier molecular flexibility index (Phi) is 6.19. The lowest BCUT2D eigenvalue weighted by molar-refractivity contribution is -0.117. The maximum absolute atomic E-state index is 12.7. The van der Waals surface area contributed by atoms with E-state index in [0.29, 0.717) is 5.92 Å². The van der Waals surface area contributed by atoms with Gasteiger partial charge in [-0.1, -0.05) is 63.2 Å². The predicted octanol–water partition coefficient (Wildman–Crippen LogP) is 5.50. The van der Waals surface area contributed by atoms with Gasteiger partial charge >= 0.3 is 0 Å². The molecule has 0 radical (unpaired) electrons. The predicted molar refractivity (Wildman–Crippen MR) is 103 cm³/mol. The highest BCUT2D eigenvalue weighted by Crippen LogP contribution is 2.24. The van der Waals surface area contributed by atoms with Gasteiger partial charge < -0.3 is 5.32 Å². The summed E-state index contributed by atoms with van der Waals surface area (Å²) in [4.78, 5) is 12.7. The fourth-order valence-corrected chi connectivity index (χ4v) is 3.00. The summed E-state index contributed by atoms with van der Waals surface area (Å²) in [5.41, 5.74) is 5.65. The van der Waals surface area contributed by atoms with Gasteiger partial charge in [-0.3, -0.25) is 4.79 Å². The molecule has 1 atom stereocenters. The molecule has 0 spiro atoms. The molecule has 0 saturated heterocycles. The Balaban J connectivity index is 2.12. The lowest BCUT2D eigenvalue weighted by Gasteiger charge is -2.17. The van der Waals surface area contributed by atoms with E-state index in [-0.39, 0.29) is 11.8 Å². The highest BCUT2D eigenvalue weighted by molar-refractivity contribution is 5.96. The van der Waals surface area contributed by atoms with Crippen molar-refractivity contribution in [2.75, 3.05) is 5.32 Å². The molecule has 0 aliphatic heterocycles. The standard InChI is InChI=1S/C22H29NO/c1-6-19-9-7-8-16(4)21(19)23-22(24)17(5)20-12-10-18(11-13-20)14-15(2)3/h7-13,15,17H,6,14H2,1-5H3,(H,23,24). The summed E-state index contributed by atoms with van der Waals surface area (Å²) in [5, 5.41) is 3.14. The van der Waals surface area contributed by atoms with Gasteiger partial charge in [0.2, 0.25) is 5.91 Å². The Morgan fingerprint density at radius 2 is 1.71 bits per heavy atom. The van der Waals surface area contributed by atoms with Gasteiger partial charge in [0.25, 0.3) is 0 Å². The lowest BCUT2D eigenvalue weighted by atomic mass is 9.96. The van der Waals surface area contributed by atoms with Gasteiger partial charge in [0.05, 0.1) is 5.92 Å². The van der Waals surface area contributed by atoms with Crippen LogP contribution < -0.4 is 5.32 Å². The van der Waals surface area contributed by atoms with E-state index in [1.807, 2.05) is 26.0 Å². The van der Waals surface area contributed by atoms with Crippen molar-refractivity contribution >= 4 is 11.6 Å². The Hall–Kier alpha value is -2.09. The second-order valence-corrected chi connectivity index (χ2v) is 7.01. The first-order chi connectivity index (χ1) is 11.4. The van der Waals surface area contributed by atoms with E-state index in [1.165, 1.54) is 11.1 Å². The fraction of sp³-hybridized carbons (Fsp3) is 0.409. The van der Waals surface area contributed by atoms with Crippen LogP contribution in [0.2, 0.25) is 0 Å². The topological polar surface area (TPSA) is 29.1 Å². The smallest absolute Gasteiger partial charge is 0.231 e. The average molecular weight is 323 g/mol. The van der Waals surface area contributed by atoms with E-state index in [1.54, 1.807) is 0 Å². The number of amides is 1. The number of hydrogen-bond donors (Lipinski definition) is 1. The van der Waals surface area contributed by atoms with E-state index >= 15 is 0 Å². The molecule has 2 heteroatoms. The van der Waals surface area contributed by atoms with Crippen LogP contribution in [-0.2, 0) is 17.6 Å². The van der Waals surface area contributed by atoms with E-state index < -0.39 is 0 Å². The summed E-state index contributed by atoms with van der Waals surface area (Å²) in [6, 6.07) is 14.6. The molecule has 0 aromatic heterocycles. The zero-order valence-electron chi connectivity index (χ0n) is 15.5. The molecule has 0 saturated carbocycles. The lowest BCUT2D eigenvalue weighted by Crippen LogP contribution is -2.20. The van der Waals surface area contributed by atoms with Gasteiger partial charge in [0, 0.05) is 5.69 Å². The zero-order chi connectivity index (χ0) is 17.7. The molecule has 24 heavy (non-hydrogen) atoms. The molecule has 0 aliphatic rings. The van der Waals surface area contributed by atoms with Crippen molar-refractivity contribution in [1.82, 2.24) is 0 Å². The van der Waals surface area contributed by atoms with Crippen molar-refractivity contribution in [2.24, 2.45) is 5.92 Å². The molecule has 0 aliphatic carbocycles. The third-order valence-electron chi connectivity index (χ3n) is 4.51. The SMILES string of the molecule is CCc1cccc(C)c1NC(=O)C(C)c1ccc(CC(C)C)cc1. The number of benzene rings is 2. The van der Waals surface area contributed by atoms with Gasteiger partial charge in [-0.05, 0) is 54.9 Å². The molecular weight excluding hydrogens is 294 g/mol. The third-order valence-corrected chi connectivity index (χ3v) is 4.51. The third kappa shape index (κ3) is 4.47. The van der Waals surface area contributed by atoms with Gasteiger partial charge in [0.1, 0.15) is 0 Å². The highest BCUT2D eigenvalue weighted by atomic mass is 16.1. The molecule has 0 fully saturated rings. The van der Waals surface area contributed by atoms with Crippen LogP contribution in [0.1, 0.15) is 55.9 Å². The van der Waals surface area contributed by atoms with Crippen molar-refractivity contribution in [3.63, 3.8) is 0 Å². The number of aryl methyl sites for hydroxylation is 2. The number of rotatable bonds is 6. The van der Waals surface area contributed by atoms with Gasteiger partial charge in [0.15, 0.2) is 0 Å². The van der Waals surface area contributed by atoms with Crippen LogP contribution in [0.25, 0.3) is 0 Å². The van der Waals surface area contributed by atoms with Gasteiger partial charge in [-0.15, -0.1) is 0 Å². The molecule has 2 rings (SSSR count). The summed E-state index contributed by atoms with van der Waals surface area (Å²) >= 11 is 0. The minimum Gasteiger partial charge on any atom is -0.325 e. The maximum atomic E-state index is 12.7. The van der Waals surface area contributed by atoms with E-state index in [0.717, 1.165) is 29.7 Å². The van der Waals surface area contributed by atoms with Crippen molar-refractivity contribution in [1.29, 1.82) is 0 Å². The van der Waals surface area contributed by atoms with Crippen LogP contribution in [0.4, 0.5) is 5.69 Å². The Bertz CT molecular complexity index is 686. The monoisotopic (exact) mass is 323 g/mol. The van der Waals surface area contributed by atoms with Crippen LogP contribution >= 0.6 is 0 Å². The largest absolute Gasteiger partial charge is 0.325 e. The molecular formula is C22H29NO. The normalized spacial score (nSPS) is 12.2. The molecule has 1 unspecified atom stereocenters. The zero-order valence-corrected chi connectivity index (χ0v) is 15.5. The molecule has 1 amide bonds. The first-order valence-electron chi connectivity index (χ1n) is 8.90. The van der Waals surface area contributed by atoms with Crippen molar-refractivity contribution in [2.45, 2.75) is 53.4 Å². The maximum Gasteiger partial charge on any atom is 0.231 e. The second-order valence-electron chi connectivity index (χ2n) is 7.01. The minimum absolute atomic E-state index is 0.0515. The van der Waals surface area contributed by atoms with E-state index in [9.17, 15) is 4.79 Å². The quantitative estimate of drug-likeness (QED) is 0.747. The fourth-order valence-electron chi connectivity index (χ4n) is 3.00. The summed E-state index contributed by atoms with van der Waals surface area (Å²) < 4.78 is 0. The first kappa shape index (κ1) is 18.3. The number of hydrogen-bond acceptors (Lipinski definition) is 1. The van der Waals surface area contributed by atoms with Crippen LogP contribution in [0.5, 0.6) is 0 Å². The molecule has 1 N–H and O–H groups in total. The Labute approximate surface area is 146 Å². The minimum atomic E-state index is -0.164. The molecule has 128 valence electrons. The second kappa shape index (κ2) is 8.14. The summed E-state index contributed by atoms with van der Waals surface area (Å²) in [7, 11) is 0. The Morgan fingerprint density at radius 3 is 2.29 bits per heavy atom. The number of carbonyl (C=O) groups is 1. The van der Waals surface area contributed by atoms with E-state index in [2.05, 4.69) is 56.4 Å². The molecule has 2 nitrogen and oxygen atoms in total.